The summed E-state index contributed by atoms with van der Waals surface area (Å²) in [7, 11) is 1.50. The third kappa shape index (κ3) is 3.69. The van der Waals surface area contributed by atoms with Crippen molar-refractivity contribution in [2.45, 2.75) is 32.7 Å². The molecule has 1 amide bonds. The molecule has 1 heterocycles. The van der Waals surface area contributed by atoms with Crippen LogP contribution in [0.15, 0.2) is 52.1 Å². The van der Waals surface area contributed by atoms with Crippen molar-refractivity contribution in [3.8, 4) is 0 Å². The SMILES string of the molecule is CCCCn1c(N)c(N(C)C(=O)Cc2cccc3ccccc23)c(=O)[nH]c1=O. The summed E-state index contributed by atoms with van der Waals surface area (Å²) in [5.74, 6) is -0.273. The maximum atomic E-state index is 12.9. The Hall–Kier alpha value is -3.35. The molecule has 0 fully saturated rings. The lowest BCUT2D eigenvalue weighted by atomic mass is 10.0. The van der Waals surface area contributed by atoms with Gasteiger partial charge < -0.3 is 10.6 Å². The number of unbranched alkanes of at least 4 members (excludes halogenated alkanes) is 1. The zero-order chi connectivity index (χ0) is 20.3. The lowest BCUT2D eigenvalue weighted by Gasteiger charge is -2.20. The Morgan fingerprint density at radius 3 is 2.61 bits per heavy atom. The number of aromatic amines is 1. The molecule has 0 unspecified atom stereocenters. The van der Waals surface area contributed by atoms with E-state index in [4.69, 9.17) is 5.73 Å². The average molecular weight is 380 g/mol. The van der Waals surface area contributed by atoms with Gasteiger partial charge in [0.2, 0.25) is 5.91 Å². The largest absolute Gasteiger partial charge is 0.383 e. The molecule has 7 nitrogen and oxygen atoms in total. The Bertz CT molecular complexity index is 1130. The molecule has 0 saturated heterocycles. The van der Waals surface area contributed by atoms with Crippen LogP contribution in [0.3, 0.4) is 0 Å². The zero-order valence-electron chi connectivity index (χ0n) is 16.1. The molecular weight excluding hydrogens is 356 g/mol. The van der Waals surface area contributed by atoms with Crippen LogP contribution < -0.4 is 21.9 Å². The van der Waals surface area contributed by atoms with E-state index in [2.05, 4.69) is 4.98 Å². The van der Waals surface area contributed by atoms with E-state index in [1.54, 1.807) is 0 Å². The Balaban J connectivity index is 1.95. The minimum absolute atomic E-state index is 0.000870. The molecule has 1 aromatic heterocycles. The van der Waals surface area contributed by atoms with Gasteiger partial charge in [-0.15, -0.1) is 0 Å². The third-order valence-electron chi connectivity index (χ3n) is 4.88. The summed E-state index contributed by atoms with van der Waals surface area (Å²) >= 11 is 0. The molecule has 28 heavy (non-hydrogen) atoms. The van der Waals surface area contributed by atoms with Crippen molar-refractivity contribution in [1.29, 1.82) is 0 Å². The van der Waals surface area contributed by atoms with Gasteiger partial charge in [0.15, 0.2) is 5.69 Å². The molecule has 0 saturated carbocycles. The number of rotatable bonds is 6. The first-order chi connectivity index (χ1) is 13.4. The molecule has 2 aromatic carbocycles. The van der Waals surface area contributed by atoms with Gasteiger partial charge in [-0.3, -0.25) is 19.1 Å². The van der Waals surface area contributed by atoms with Crippen molar-refractivity contribution in [3.63, 3.8) is 0 Å². The fraction of sp³-hybridized carbons (Fsp3) is 0.286. The summed E-state index contributed by atoms with van der Waals surface area (Å²) in [6, 6.07) is 13.6. The predicted molar refractivity (Wildman–Crippen MR) is 112 cm³/mol. The Morgan fingerprint density at radius 1 is 1.14 bits per heavy atom. The highest BCUT2D eigenvalue weighted by molar-refractivity contribution is 5.98. The van der Waals surface area contributed by atoms with E-state index >= 15 is 0 Å². The maximum Gasteiger partial charge on any atom is 0.330 e. The van der Waals surface area contributed by atoms with Crippen LogP contribution in [0.25, 0.3) is 10.8 Å². The number of nitrogen functional groups attached to an aromatic ring is 1. The summed E-state index contributed by atoms with van der Waals surface area (Å²) in [5, 5.41) is 2.03. The summed E-state index contributed by atoms with van der Waals surface area (Å²) in [6.45, 7) is 2.38. The second kappa shape index (κ2) is 8.12. The first-order valence-corrected chi connectivity index (χ1v) is 9.29. The van der Waals surface area contributed by atoms with Crippen molar-refractivity contribution < 1.29 is 4.79 Å². The molecule has 0 spiro atoms. The lowest BCUT2D eigenvalue weighted by Crippen LogP contribution is -2.39. The van der Waals surface area contributed by atoms with E-state index in [0.717, 1.165) is 29.2 Å². The van der Waals surface area contributed by atoms with Crippen molar-refractivity contribution in [1.82, 2.24) is 9.55 Å². The Kier molecular flexibility index (Phi) is 5.63. The van der Waals surface area contributed by atoms with Gasteiger partial charge in [0, 0.05) is 13.6 Å². The van der Waals surface area contributed by atoms with Crippen LogP contribution in [0.5, 0.6) is 0 Å². The Morgan fingerprint density at radius 2 is 1.86 bits per heavy atom. The van der Waals surface area contributed by atoms with Gasteiger partial charge in [0.1, 0.15) is 5.82 Å². The van der Waals surface area contributed by atoms with Crippen LogP contribution in [0.4, 0.5) is 11.5 Å². The number of hydrogen-bond acceptors (Lipinski definition) is 4. The van der Waals surface area contributed by atoms with Gasteiger partial charge in [-0.25, -0.2) is 4.79 Å². The van der Waals surface area contributed by atoms with Crippen LogP contribution in [-0.2, 0) is 17.8 Å². The number of likely N-dealkylation sites (N-methyl/N-ethyl adjacent to an activating group) is 1. The van der Waals surface area contributed by atoms with Gasteiger partial charge in [-0.05, 0) is 22.8 Å². The van der Waals surface area contributed by atoms with E-state index in [-0.39, 0.29) is 23.8 Å². The minimum atomic E-state index is -0.663. The summed E-state index contributed by atoms with van der Waals surface area (Å²) in [4.78, 5) is 40.8. The number of nitrogens with two attached hydrogens (primary N) is 1. The lowest BCUT2D eigenvalue weighted by molar-refractivity contribution is -0.117. The van der Waals surface area contributed by atoms with Crippen molar-refractivity contribution in [2.24, 2.45) is 0 Å². The number of nitrogens with zero attached hydrogens (tertiary/aromatic N) is 2. The number of aromatic nitrogens is 2. The minimum Gasteiger partial charge on any atom is -0.383 e. The Labute approximate surface area is 162 Å². The molecular formula is C21H24N4O3. The fourth-order valence-electron chi connectivity index (χ4n) is 3.29. The highest BCUT2D eigenvalue weighted by atomic mass is 16.2. The second-order valence-electron chi connectivity index (χ2n) is 6.77. The second-order valence-corrected chi connectivity index (χ2v) is 6.77. The van der Waals surface area contributed by atoms with Crippen molar-refractivity contribution in [3.05, 3.63) is 68.9 Å². The number of nitrogens with one attached hydrogen (secondary N) is 1. The van der Waals surface area contributed by atoms with E-state index in [0.29, 0.717) is 6.54 Å². The molecule has 146 valence electrons. The summed E-state index contributed by atoms with van der Waals surface area (Å²) in [6.07, 6.45) is 1.73. The van der Waals surface area contributed by atoms with Crippen LogP contribution in [-0.4, -0.2) is 22.5 Å². The van der Waals surface area contributed by atoms with Crippen LogP contribution in [0, 0.1) is 0 Å². The molecule has 3 rings (SSSR count). The third-order valence-corrected chi connectivity index (χ3v) is 4.88. The quantitative estimate of drug-likeness (QED) is 0.685. The fourth-order valence-corrected chi connectivity index (χ4v) is 3.29. The maximum absolute atomic E-state index is 12.9. The number of H-pyrrole nitrogens is 1. The van der Waals surface area contributed by atoms with Crippen molar-refractivity contribution in [2.75, 3.05) is 17.7 Å². The summed E-state index contributed by atoms with van der Waals surface area (Å²) < 4.78 is 1.31. The number of anilines is 2. The molecule has 0 aliphatic rings. The first kappa shape index (κ1) is 19.4. The van der Waals surface area contributed by atoms with Gasteiger partial charge in [-0.1, -0.05) is 55.8 Å². The van der Waals surface area contributed by atoms with Gasteiger partial charge in [0.05, 0.1) is 6.42 Å². The smallest absolute Gasteiger partial charge is 0.330 e. The average Bonchev–Trinajstić information content (AvgIpc) is 2.67. The monoisotopic (exact) mass is 380 g/mol. The molecule has 0 radical (unpaired) electrons. The number of fused-ring (bicyclic) bond motifs is 1. The molecule has 3 aromatic rings. The predicted octanol–water partition coefficient (Wildman–Crippen LogP) is 2.28. The zero-order valence-corrected chi connectivity index (χ0v) is 16.1. The number of carbonyl (C=O) groups is 1. The van der Waals surface area contributed by atoms with E-state index in [1.807, 2.05) is 49.4 Å². The van der Waals surface area contributed by atoms with Gasteiger partial charge in [0.25, 0.3) is 5.56 Å². The number of benzene rings is 2. The molecule has 0 bridgehead atoms. The number of carbonyl (C=O) groups excluding carboxylic acids is 1. The van der Waals surface area contributed by atoms with E-state index in [1.165, 1.54) is 16.5 Å². The molecule has 0 aliphatic heterocycles. The van der Waals surface area contributed by atoms with E-state index in [9.17, 15) is 14.4 Å². The number of amides is 1. The first-order valence-electron chi connectivity index (χ1n) is 9.29. The normalized spacial score (nSPS) is 10.9. The van der Waals surface area contributed by atoms with Gasteiger partial charge in [-0.2, -0.15) is 0 Å². The number of hydrogen-bond donors (Lipinski definition) is 2. The highest BCUT2D eigenvalue weighted by Gasteiger charge is 2.21. The molecule has 0 atom stereocenters. The standard InChI is InChI=1S/C21H24N4O3/c1-3-4-12-25-19(22)18(20(27)23-21(25)28)24(2)17(26)13-15-10-7-9-14-8-5-6-11-16(14)15/h5-11H,3-4,12-13,22H2,1-2H3,(H,23,27,28). The van der Waals surface area contributed by atoms with Gasteiger partial charge >= 0.3 is 5.69 Å². The molecule has 7 heteroatoms. The van der Waals surface area contributed by atoms with Crippen LogP contribution >= 0.6 is 0 Å². The highest BCUT2D eigenvalue weighted by Crippen LogP contribution is 2.21. The molecule has 3 N–H and O–H groups in total. The molecule has 0 aliphatic carbocycles. The van der Waals surface area contributed by atoms with E-state index < -0.39 is 11.2 Å². The summed E-state index contributed by atoms with van der Waals surface area (Å²) in [5.41, 5.74) is 5.74. The topological polar surface area (TPSA) is 101 Å². The van der Waals surface area contributed by atoms with Crippen LogP contribution in [0.2, 0.25) is 0 Å². The van der Waals surface area contributed by atoms with Crippen molar-refractivity contribution >= 4 is 28.2 Å². The van der Waals surface area contributed by atoms with Crippen LogP contribution in [0.1, 0.15) is 25.3 Å².